The van der Waals surface area contributed by atoms with Crippen molar-refractivity contribution < 1.29 is 4.79 Å². The summed E-state index contributed by atoms with van der Waals surface area (Å²) in [4.78, 5) is 23.8. The average molecular weight is 541 g/mol. The maximum absolute atomic E-state index is 12.7. The molecule has 40 heavy (non-hydrogen) atoms. The molecule has 13 nitrogen and oxygen atoms in total. The van der Waals surface area contributed by atoms with E-state index in [1.807, 2.05) is 34.1 Å². The lowest BCUT2D eigenvalue weighted by Crippen LogP contribution is -2.63. The van der Waals surface area contributed by atoms with Gasteiger partial charge in [0.15, 0.2) is 5.65 Å². The van der Waals surface area contributed by atoms with Crippen LogP contribution in [0.5, 0.6) is 0 Å². The summed E-state index contributed by atoms with van der Waals surface area (Å²) in [6.07, 6.45) is 12.3. The van der Waals surface area contributed by atoms with Gasteiger partial charge in [0, 0.05) is 57.9 Å². The monoisotopic (exact) mass is 540 g/mol. The molecule has 13 heteroatoms. The summed E-state index contributed by atoms with van der Waals surface area (Å²) in [5.74, 6) is 1.14. The summed E-state index contributed by atoms with van der Waals surface area (Å²) in [5.41, 5.74) is 3.34. The first kappa shape index (κ1) is 24.6. The molecule has 1 amide bonds. The van der Waals surface area contributed by atoms with Gasteiger partial charge in [-0.25, -0.2) is 4.52 Å². The first-order valence-electron chi connectivity index (χ1n) is 13.8. The minimum atomic E-state index is -0.341. The minimum Gasteiger partial charge on any atom is -0.363 e. The normalized spacial score (nSPS) is 19.0. The Labute approximate surface area is 231 Å². The maximum atomic E-state index is 12.7. The number of fused-ring (bicyclic) bond motifs is 1. The number of carbonyl (C=O) groups is 1. The Morgan fingerprint density at radius 2 is 1.98 bits per heavy atom. The van der Waals surface area contributed by atoms with Crippen molar-refractivity contribution in [2.75, 3.05) is 56.5 Å². The number of rotatable bonds is 8. The van der Waals surface area contributed by atoms with E-state index in [0.29, 0.717) is 37.1 Å². The highest BCUT2D eigenvalue weighted by Gasteiger charge is 2.46. The Balaban J connectivity index is 1.04. The maximum Gasteiger partial charge on any atom is 0.247 e. The van der Waals surface area contributed by atoms with Gasteiger partial charge in [0.25, 0.3) is 0 Å². The van der Waals surface area contributed by atoms with E-state index in [9.17, 15) is 10.1 Å². The number of nitrogens with zero attached hydrogens (tertiary/aromatic N) is 11. The first-order valence-corrected chi connectivity index (χ1v) is 13.8. The van der Waals surface area contributed by atoms with Gasteiger partial charge in [0.1, 0.15) is 12.1 Å². The molecule has 7 rings (SSSR count). The van der Waals surface area contributed by atoms with Crippen molar-refractivity contribution in [3.8, 4) is 6.07 Å². The number of nitrogens with one attached hydrogen (secondary N) is 1. The van der Waals surface area contributed by atoms with Crippen LogP contribution in [0.2, 0.25) is 0 Å². The Kier molecular flexibility index (Phi) is 5.92. The number of anilines is 3. The number of pyridine rings is 1. The lowest BCUT2D eigenvalue weighted by Gasteiger charge is -2.50. The molecule has 4 aromatic rings. The standard InChI is InChI=1S/C27H32N12O/c1-34-9-11-35(12-10-34)24(40)17-37-16-22(14-29-37)31-26-32-25-23(3-2-8-38(25)33-26)36-18-27(19-36,6-7-28)39-15-21(13-30-39)20-4-5-20/h2-3,8,13-16,20H,4-6,9-12,17-19H2,1H3,(H,31,33). The summed E-state index contributed by atoms with van der Waals surface area (Å²) in [7, 11) is 2.07. The molecule has 1 N–H and O–H groups in total. The highest BCUT2D eigenvalue weighted by molar-refractivity contribution is 5.76. The third-order valence-corrected chi connectivity index (χ3v) is 8.24. The predicted octanol–water partition coefficient (Wildman–Crippen LogP) is 1.65. The molecule has 6 heterocycles. The lowest BCUT2D eigenvalue weighted by atomic mass is 9.86. The molecule has 0 atom stereocenters. The summed E-state index contributed by atoms with van der Waals surface area (Å²) < 4.78 is 5.40. The van der Waals surface area contributed by atoms with Gasteiger partial charge in [-0.3, -0.25) is 14.2 Å². The van der Waals surface area contributed by atoms with Gasteiger partial charge in [-0.1, -0.05) is 0 Å². The molecule has 0 bridgehead atoms. The van der Waals surface area contributed by atoms with Crippen LogP contribution in [0.4, 0.5) is 17.3 Å². The van der Waals surface area contributed by atoms with Gasteiger partial charge in [-0.15, -0.1) is 5.10 Å². The fourth-order valence-corrected chi connectivity index (χ4v) is 5.67. The Hall–Kier alpha value is -4.44. The first-order chi connectivity index (χ1) is 19.5. The Morgan fingerprint density at radius 1 is 1.15 bits per heavy atom. The van der Waals surface area contributed by atoms with E-state index in [0.717, 1.165) is 37.5 Å². The minimum absolute atomic E-state index is 0.0687. The number of aromatic nitrogens is 7. The quantitative estimate of drug-likeness (QED) is 0.355. The molecule has 3 aliphatic rings. The molecule has 4 aromatic heterocycles. The van der Waals surface area contributed by atoms with Crippen LogP contribution in [-0.2, 0) is 16.9 Å². The fraction of sp³-hybridized carbons (Fsp3) is 0.481. The van der Waals surface area contributed by atoms with E-state index in [1.54, 1.807) is 21.6 Å². The highest BCUT2D eigenvalue weighted by atomic mass is 16.2. The van der Waals surface area contributed by atoms with Crippen molar-refractivity contribution in [2.24, 2.45) is 0 Å². The molecule has 0 aromatic carbocycles. The van der Waals surface area contributed by atoms with Crippen LogP contribution in [0.25, 0.3) is 5.65 Å². The molecule has 0 radical (unpaired) electrons. The van der Waals surface area contributed by atoms with Gasteiger partial charge in [-0.2, -0.15) is 20.4 Å². The largest absolute Gasteiger partial charge is 0.363 e. The summed E-state index contributed by atoms with van der Waals surface area (Å²) in [5, 5.41) is 26.4. The molecule has 1 aliphatic carbocycles. The lowest BCUT2D eigenvalue weighted by molar-refractivity contribution is -0.133. The summed E-state index contributed by atoms with van der Waals surface area (Å²) in [6, 6.07) is 6.36. The van der Waals surface area contributed by atoms with E-state index < -0.39 is 0 Å². The van der Waals surface area contributed by atoms with E-state index in [2.05, 4.69) is 49.7 Å². The van der Waals surface area contributed by atoms with Gasteiger partial charge in [0.2, 0.25) is 11.9 Å². The van der Waals surface area contributed by atoms with Gasteiger partial charge in [0.05, 0.1) is 36.3 Å². The van der Waals surface area contributed by atoms with Crippen molar-refractivity contribution >= 4 is 28.9 Å². The van der Waals surface area contributed by atoms with Gasteiger partial charge < -0.3 is 20.0 Å². The van der Waals surface area contributed by atoms with Crippen molar-refractivity contribution in [3.63, 3.8) is 0 Å². The fourth-order valence-electron chi connectivity index (χ4n) is 5.67. The number of hydrogen-bond acceptors (Lipinski definition) is 9. The van der Waals surface area contributed by atoms with Crippen LogP contribution in [0.3, 0.4) is 0 Å². The number of likely N-dealkylation sites (N-methyl/N-ethyl adjacent to an activating group) is 1. The number of nitriles is 1. The van der Waals surface area contributed by atoms with Crippen molar-refractivity contribution in [2.45, 2.75) is 37.3 Å². The summed E-state index contributed by atoms with van der Waals surface area (Å²) >= 11 is 0. The van der Waals surface area contributed by atoms with Crippen molar-refractivity contribution in [1.29, 1.82) is 5.26 Å². The Morgan fingerprint density at radius 3 is 2.75 bits per heavy atom. The van der Waals surface area contributed by atoms with Crippen LogP contribution >= 0.6 is 0 Å². The molecule has 0 unspecified atom stereocenters. The van der Waals surface area contributed by atoms with Crippen LogP contribution in [0, 0.1) is 11.3 Å². The van der Waals surface area contributed by atoms with E-state index in [4.69, 9.17) is 4.98 Å². The number of piperazine rings is 1. The second-order valence-corrected chi connectivity index (χ2v) is 11.2. The third-order valence-electron chi connectivity index (χ3n) is 8.24. The number of hydrogen-bond donors (Lipinski definition) is 1. The molecule has 3 fully saturated rings. The molecule has 1 saturated carbocycles. The second-order valence-electron chi connectivity index (χ2n) is 11.2. The Bertz CT molecular complexity index is 1580. The van der Waals surface area contributed by atoms with E-state index in [1.165, 1.54) is 18.4 Å². The summed E-state index contributed by atoms with van der Waals surface area (Å²) in [6.45, 7) is 4.82. The van der Waals surface area contributed by atoms with Crippen LogP contribution in [0.15, 0.2) is 43.1 Å². The van der Waals surface area contributed by atoms with Crippen LogP contribution in [0.1, 0.15) is 30.7 Å². The molecule has 0 spiro atoms. The van der Waals surface area contributed by atoms with Crippen LogP contribution < -0.4 is 10.2 Å². The average Bonchev–Trinajstić information content (AvgIpc) is 3.29. The SMILES string of the molecule is CN1CCN(C(=O)Cn2cc(Nc3nc4c(N5CC(CC#N)(n6cc(C7CC7)cn6)C5)cccn4n3)cn2)CC1. The smallest absolute Gasteiger partial charge is 0.247 e. The molecular weight excluding hydrogens is 508 g/mol. The molecule has 2 saturated heterocycles. The zero-order valence-corrected chi connectivity index (χ0v) is 22.5. The molecule has 2 aliphatic heterocycles. The van der Waals surface area contributed by atoms with Crippen molar-refractivity contribution in [3.05, 3.63) is 48.7 Å². The van der Waals surface area contributed by atoms with E-state index >= 15 is 0 Å². The molecular formula is C27H32N12O. The molecule has 206 valence electrons. The number of amides is 1. The van der Waals surface area contributed by atoms with Gasteiger partial charge in [-0.05, 0) is 43.5 Å². The topological polar surface area (TPSA) is 128 Å². The van der Waals surface area contributed by atoms with E-state index in [-0.39, 0.29) is 18.0 Å². The predicted molar refractivity (Wildman–Crippen MR) is 147 cm³/mol. The van der Waals surface area contributed by atoms with Crippen LogP contribution in [-0.4, -0.2) is 96.2 Å². The zero-order chi connectivity index (χ0) is 27.3. The van der Waals surface area contributed by atoms with Gasteiger partial charge >= 0.3 is 0 Å². The third kappa shape index (κ3) is 4.54. The second kappa shape index (κ2) is 9.63. The zero-order valence-electron chi connectivity index (χ0n) is 22.5. The number of carbonyl (C=O) groups excluding carboxylic acids is 1. The highest BCUT2D eigenvalue weighted by Crippen LogP contribution is 2.42. The van der Waals surface area contributed by atoms with Crippen molar-refractivity contribution in [1.82, 2.24) is 44.0 Å².